The van der Waals surface area contributed by atoms with Crippen molar-refractivity contribution in [1.82, 2.24) is 4.90 Å². The van der Waals surface area contributed by atoms with Gasteiger partial charge in [0.1, 0.15) is 0 Å². The summed E-state index contributed by atoms with van der Waals surface area (Å²) in [5.41, 5.74) is 2.65. The molecule has 0 bridgehead atoms. The van der Waals surface area contributed by atoms with E-state index in [1.54, 1.807) is 0 Å². The van der Waals surface area contributed by atoms with Crippen LogP contribution in [-0.4, -0.2) is 49.3 Å². The standard InChI is InChI=1S/C16H26N2O/c1-4-14-5-7-15(8-6-14)18-10-13(2)9-17(3)16(11-18)12-19/h5-8,13,16,19H,4,9-12H2,1-3H3. The number of anilines is 1. The number of aryl methyl sites for hydroxylation is 1. The molecule has 0 radical (unpaired) electrons. The van der Waals surface area contributed by atoms with Gasteiger partial charge in [-0.3, -0.25) is 4.90 Å². The van der Waals surface area contributed by atoms with Crippen molar-refractivity contribution >= 4 is 5.69 Å². The van der Waals surface area contributed by atoms with E-state index in [2.05, 4.69) is 55.0 Å². The first-order valence-electron chi connectivity index (χ1n) is 7.29. The first-order chi connectivity index (χ1) is 9.13. The largest absolute Gasteiger partial charge is 0.395 e. The maximum Gasteiger partial charge on any atom is 0.0604 e. The molecule has 2 atom stereocenters. The van der Waals surface area contributed by atoms with Crippen molar-refractivity contribution in [3.63, 3.8) is 0 Å². The molecule has 3 heteroatoms. The van der Waals surface area contributed by atoms with E-state index < -0.39 is 0 Å². The highest BCUT2D eigenvalue weighted by molar-refractivity contribution is 5.48. The smallest absolute Gasteiger partial charge is 0.0604 e. The molecule has 1 N–H and O–H groups in total. The number of rotatable bonds is 3. The number of likely N-dealkylation sites (N-methyl/N-ethyl adjacent to an activating group) is 1. The van der Waals surface area contributed by atoms with Gasteiger partial charge in [0, 0.05) is 31.4 Å². The van der Waals surface area contributed by atoms with Gasteiger partial charge in [0.2, 0.25) is 0 Å². The van der Waals surface area contributed by atoms with Crippen molar-refractivity contribution in [3.05, 3.63) is 29.8 Å². The highest BCUT2D eigenvalue weighted by Gasteiger charge is 2.25. The molecule has 0 spiro atoms. The predicted molar refractivity (Wildman–Crippen MR) is 80.7 cm³/mol. The summed E-state index contributed by atoms with van der Waals surface area (Å²) in [4.78, 5) is 4.69. The zero-order valence-electron chi connectivity index (χ0n) is 12.3. The molecule has 2 rings (SSSR count). The van der Waals surface area contributed by atoms with E-state index in [0.717, 1.165) is 26.1 Å². The molecule has 1 aliphatic rings. The van der Waals surface area contributed by atoms with E-state index in [-0.39, 0.29) is 12.6 Å². The molecule has 1 fully saturated rings. The Kier molecular flexibility index (Phi) is 4.83. The molecule has 3 nitrogen and oxygen atoms in total. The van der Waals surface area contributed by atoms with Gasteiger partial charge in [-0.2, -0.15) is 0 Å². The summed E-state index contributed by atoms with van der Waals surface area (Å²) < 4.78 is 0. The van der Waals surface area contributed by atoms with E-state index >= 15 is 0 Å². The Bertz CT molecular complexity index is 390. The Morgan fingerprint density at radius 3 is 2.42 bits per heavy atom. The zero-order valence-corrected chi connectivity index (χ0v) is 12.3. The van der Waals surface area contributed by atoms with Crippen LogP contribution in [0.5, 0.6) is 0 Å². The van der Waals surface area contributed by atoms with Crippen LogP contribution in [0.15, 0.2) is 24.3 Å². The molecule has 1 aliphatic heterocycles. The minimum atomic E-state index is 0.229. The van der Waals surface area contributed by atoms with Gasteiger partial charge < -0.3 is 10.0 Å². The lowest BCUT2D eigenvalue weighted by atomic mass is 10.1. The maximum absolute atomic E-state index is 9.55. The molecule has 1 aromatic carbocycles. The Hall–Kier alpha value is -1.06. The van der Waals surface area contributed by atoms with Gasteiger partial charge in [0.15, 0.2) is 0 Å². The fourth-order valence-corrected chi connectivity index (χ4v) is 2.89. The van der Waals surface area contributed by atoms with Crippen molar-refractivity contribution in [2.75, 3.05) is 38.2 Å². The lowest BCUT2D eigenvalue weighted by Crippen LogP contribution is -2.41. The molecule has 106 valence electrons. The van der Waals surface area contributed by atoms with E-state index in [1.807, 2.05) is 0 Å². The predicted octanol–water partition coefficient (Wildman–Crippen LogP) is 2.00. The molecule has 0 saturated carbocycles. The van der Waals surface area contributed by atoms with E-state index in [1.165, 1.54) is 11.3 Å². The van der Waals surface area contributed by atoms with Gasteiger partial charge in [-0.1, -0.05) is 26.0 Å². The van der Waals surface area contributed by atoms with Crippen LogP contribution in [0.2, 0.25) is 0 Å². The second kappa shape index (κ2) is 6.40. The van der Waals surface area contributed by atoms with Crippen LogP contribution in [0.4, 0.5) is 5.69 Å². The molecule has 0 amide bonds. The zero-order chi connectivity index (χ0) is 13.8. The van der Waals surface area contributed by atoms with Crippen molar-refractivity contribution in [1.29, 1.82) is 0 Å². The molecular formula is C16H26N2O. The first-order valence-corrected chi connectivity index (χ1v) is 7.29. The Labute approximate surface area is 116 Å². The maximum atomic E-state index is 9.55. The van der Waals surface area contributed by atoms with Crippen molar-refractivity contribution < 1.29 is 5.11 Å². The molecule has 0 aromatic heterocycles. The number of hydrogen-bond acceptors (Lipinski definition) is 3. The van der Waals surface area contributed by atoms with Crippen LogP contribution in [0.25, 0.3) is 0 Å². The number of aliphatic hydroxyl groups excluding tert-OH is 1. The van der Waals surface area contributed by atoms with Gasteiger partial charge in [0.25, 0.3) is 0 Å². The average Bonchev–Trinajstić information content (AvgIpc) is 2.57. The van der Waals surface area contributed by atoms with Crippen LogP contribution >= 0.6 is 0 Å². The molecule has 0 aliphatic carbocycles. The third kappa shape index (κ3) is 3.48. The summed E-state index contributed by atoms with van der Waals surface area (Å²) in [5.74, 6) is 0.618. The molecule has 19 heavy (non-hydrogen) atoms. The van der Waals surface area contributed by atoms with E-state index in [4.69, 9.17) is 0 Å². The third-order valence-electron chi connectivity index (χ3n) is 4.11. The summed E-state index contributed by atoms with van der Waals surface area (Å²) in [7, 11) is 2.11. The van der Waals surface area contributed by atoms with Crippen LogP contribution in [0.3, 0.4) is 0 Å². The van der Waals surface area contributed by atoms with Crippen molar-refractivity contribution in [3.8, 4) is 0 Å². The van der Waals surface area contributed by atoms with Crippen LogP contribution < -0.4 is 4.90 Å². The quantitative estimate of drug-likeness (QED) is 0.902. The summed E-state index contributed by atoms with van der Waals surface area (Å²) in [6.45, 7) is 7.71. The van der Waals surface area contributed by atoms with E-state index in [0.29, 0.717) is 5.92 Å². The third-order valence-corrected chi connectivity index (χ3v) is 4.11. The Morgan fingerprint density at radius 2 is 1.84 bits per heavy atom. The molecular weight excluding hydrogens is 236 g/mol. The Morgan fingerprint density at radius 1 is 1.16 bits per heavy atom. The van der Waals surface area contributed by atoms with Crippen LogP contribution in [0.1, 0.15) is 19.4 Å². The molecule has 2 unspecified atom stereocenters. The number of nitrogens with zero attached hydrogens (tertiary/aromatic N) is 2. The molecule has 1 aromatic rings. The fourth-order valence-electron chi connectivity index (χ4n) is 2.89. The highest BCUT2D eigenvalue weighted by Crippen LogP contribution is 2.21. The van der Waals surface area contributed by atoms with Gasteiger partial charge in [0.05, 0.1) is 6.61 Å². The number of hydrogen-bond donors (Lipinski definition) is 1. The average molecular weight is 262 g/mol. The Balaban J connectivity index is 2.16. The number of benzene rings is 1. The summed E-state index contributed by atoms with van der Waals surface area (Å²) in [6, 6.07) is 9.08. The number of aliphatic hydroxyl groups is 1. The van der Waals surface area contributed by atoms with Crippen LogP contribution in [0, 0.1) is 5.92 Å². The summed E-state index contributed by atoms with van der Waals surface area (Å²) in [5, 5.41) is 9.55. The summed E-state index contributed by atoms with van der Waals surface area (Å²) in [6.07, 6.45) is 1.08. The second-order valence-electron chi connectivity index (χ2n) is 5.81. The SMILES string of the molecule is CCc1ccc(N2CC(C)CN(C)C(CO)C2)cc1. The topological polar surface area (TPSA) is 26.7 Å². The normalized spacial score (nSPS) is 25.4. The molecule has 1 saturated heterocycles. The summed E-state index contributed by atoms with van der Waals surface area (Å²) >= 11 is 0. The van der Waals surface area contributed by atoms with Gasteiger partial charge >= 0.3 is 0 Å². The second-order valence-corrected chi connectivity index (χ2v) is 5.81. The minimum Gasteiger partial charge on any atom is -0.395 e. The van der Waals surface area contributed by atoms with Gasteiger partial charge in [-0.05, 0) is 37.1 Å². The first kappa shape index (κ1) is 14.4. The fraction of sp³-hybridized carbons (Fsp3) is 0.625. The van der Waals surface area contributed by atoms with E-state index in [9.17, 15) is 5.11 Å². The van der Waals surface area contributed by atoms with Crippen LogP contribution in [-0.2, 0) is 6.42 Å². The highest BCUT2D eigenvalue weighted by atomic mass is 16.3. The lowest BCUT2D eigenvalue weighted by Gasteiger charge is -2.28. The monoisotopic (exact) mass is 262 g/mol. The van der Waals surface area contributed by atoms with Gasteiger partial charge in [-0.25, -0.2) is 0 Å². The molecule has 1 heterocycles. The lowest BCUT2D eigenvalue weighted by molar-refractivity contribution is 0.151. The van der Waals surface area contributed by atoms with Crippen molar-refractivity contribution in [2.45, 2.75) is 26.3 Å². The minimum absolute atomic E-state index is 0.229. The van der Waals surface area contributed by atoms with Gasteiger partial charge in [-0.15, -0.1) is 0 Å². The van der Waals surface area contributed by atoms with Crippen molar-refractivity contribution in [2.24, 2.45) is 5.92 Å².